The average Bonchev–Trinajstić information content (AvgIpc) is 2.96. The molecule has 0 bridgehead atoms. The highest BCUT2D eigenvalue weighted by molar-refractivity contribution is 5.71. The Kier molecular flexibility index (Phi) is 30.0. The third kappa shape index (κ3) is 30.7. The first kappa shape index (κ1) is 41.9. The monoisotopic (exact) mass is 612 g/mol. The van der Waals surface area contributed by atoms with Crippen molar-refractivity contribution in [3.05, 3.63) is 0 Å². The van der Waals surface area contributed by atoms with Crippen LogP contribution >= 0.6 is 0 Å². The van der Waals surface area contributed by atoms with E-state index >= 15 is 0 Å². The minimum atomic E-state index is -1.56. The first-order valence-corrected chi connectivity index (χ1v) is 18.7. The molecule has 0 aliphatic carbocycles. The van der Waals surface area contributed by atoms with Crippen LogP contribution in [-0.2, 0) is 19.1 Å². The number of hydrogen-bond acceptors (Lipinski definition) is 6. The largest absolute Gasteiger partial charge is 0.409 e. The van der Waals surface area contributed by atoms with Crippen LogP contribution in [0.25, 0.3) is 0 Å². The number of aliphatic hydroxyl groups excluding tert-OH is 1. The van der Waals surface area contributed by atoms with Gasteiger partial charge in [0.05, 0.1) is 6.10 Å². The van der Waals surface area contributed by atoms with Crippen molar-refractivity contribution in [1.82, 2.24) is 5.32 Å². The molecular formula is C37H73NO5. The fraction of sp³-hybridized carbons (Fsp3) is 0.946. The van der Waals surface area contributed by atoms with Gasteiger partial charge in [-0.05, 0) is 19.8 Å². The van der Waals surface area contributed by atoms with E-state index in [0.717, 1.165) is 38.5 Å². The van der Waals surface area contributed by atoms with E-state index in [-0.39, 0.29) is 18.5 Å². The van der Waals surface area contributed by atoms with Crippen molar-refractivity contribution < 1.29 is 24.2 Å². The Hall–Kier alpha value is -1.14. The molecule has 0 fully saturated rings. The van der Waals surface area contributed by atoms with Gasteiger partial charge in [-0.2, -0.15) is 0 Å². The van der Waals surface area contributed by atoms with Gasteiger partial charge in [-0.3, -0.25) is 9.59 Å². The highest BCUT2D eigenvalue weighted by atomic mass is 16.7. The zero-order chi connectivity index (χ0) is 31.9. The highest BCUT2D eigenvalue weighted by Gasteiger charge is 2.33. The van der Waals surface area contributed by atoms with E-state index in [2.05, 4.69) is 19.2 Å². The lowest BCUT2D eigenvalue weighted by atomic mass is 10.0. The molecule has 0 aromatic heterocycles. The Labute approximate surface area is 267 Å². The Morgan fingerprint density at radius 2 is 0.791 bits per heavy atom. The van der Waals surface area contributed by atoms with Gasteiger partial charge in [0.25, 0.3) is 0 Å². The summed E-state index contributed by atoms with van der Waals surface area (Å²) in [5, 5.41) is 12.6. The van der Waals surface area contributed by atoms with Crippen molar-refractivity contribution >= 4 is 11.9 Å². The minimum Gasteiger partial charge on any atom is -0.409 e. The van der Waals surface area contributed by atoms with Gasteiger partial charge in [-0.1, -0.05) is 168 Å². The normalized spacial score (nSPS) is 12.4. The van der Waals surface area contributed by atoms with E-state index in [9.17, 15) is 14.7 Å². The third-order valence-corrected chi connectivity index (χ3v) is 8.30. The topological polar surface area (TPSA) is 84.9 Å². The van der Waals surface area contributed by atoms with E-state index in [1.807, 2.05) is 0 Å². The fourth-order valence-corrected chi connectivity index (χ4v) is 5.54. The zero-order valence-electron chi connectivity index (χ0n) is 29.2. The number of unbranched alkanes of at least 4 members (excludes halogenated alkanes) is 24. The van der Waals surface area contributed by atoms with Crippen LogP contribution in [-0.4, -0.2) is 35.6 Å². The first-order chi connectivity index (χ1) is 20.8. The lowest BCUT2D eigenvalue weighted by molar-refractivity contribution is -0.235. The maximum atomic E-state index is 12.6. The Bertz CT molecular complexity index is 580. The second kappa shape index (κ2) is 30.9. The average molecular weight is 612 g/mol. The maximum Gasteiger partial charge on any atom is 0.315 e. The van der Waals surface area contributed by atoms with Crippen LogP contribution in [0.5, 0.6) is 0 Å². The summed E-state index contributed by atoms with van der Waals surface area (Å²) in [6, 6.07) is 0. The van der Waals surface area contributed by atoms with Crippen molar-refractivity contribution in [3.8, 4) is 0 Å². The predicted octanol–water partition coefficient (Wildman–Crippen LogP) is 10.7. The Morgan fingerprint density at radius 3 is 1.05 bits per heavy atom. The van der Waals surface area contributed by atoms with Gasteiger partial charge < -0.3 is 14.6 Å². The van der Waals surface area contributed by atoms with E-state index in [0.29, 0.717) is 12.8 Å². The molecule has 2 N–H and O–H groups in total. The molecule has 0 amide bonds. The van der Waals surface area contributed by atoms with E-state index in [1.165, 1.54) is 128 Å². The first-order valence-electron chi connectivity index (χ1n) is 18.7. The maximum absolute atomic E-state index is 12.6. The number of carbonyl (C=O) groups is 2. The lowest BCUT2D eigenvalue weighted by Gasteiger charge is -2.30. The molecule has 0 rings (SSSR count). The smallest absolute Gasteiger partial charge is 0.315 e. The Balaban J connectivity index is 4.01. The molecule has 0 aliphatic rings. The van der Waals surface area contributed by atoms with E-state index in [4.69, 9.17) is 9.47 Å². The standard InChI is InChI=1S/C37H73NO5/c1-5-7-9-11-13-15-17-19-21-23-25-27-29-31-35(40)42-37(4,38-33-34(3)39)43-36(41)32-30-28-26-24-22-20-18-16-14-12-10-8-6-2/h34,38-39H,5-33H2,1-4H3. The molecule has 1 atom stereocenters. The van der Waals surface area contributed by atoms with Gasteiger partial charge >= 0.3 is 17.8 Å². The van der Waals surface area contributed by atoms with Crippen LogP contribution in [0.15, 0.2) is 0 Å². The fourth-order valence-electron chi connectivity index (χ4n) is 5.54. The molecule has 0 aromatic carbocycles. The van der Waals surface area contributed by atoms with Gasteiger partial charge in [0.15, 0.2) is 0 Å². The third-order valence-electron chi connectivity index (χ3n) is 8.30. The zero-order valence-corrected chi connectivity index (χ0v) is 29.2. The number of esters is 2. The summed E-state index contributed by atoms with van der Waals surface area (Å²) in [7, 11) is 0. The number of ether oxygens (including phenoxy) is 2. The summed E-state index contributed by atoms with van der Waals surface area (Å²) < 4.78 is 11.2. The van der Waals surface area contributed by atoms with Crippen molar-refractivity contribution in [2.75, 3.05) is 6.54 Å². The number of carbonyl (C=O) groups excluding carboxylic acids is 2. The molecule has 0 aromatic rings. The summed E-state index contributed by atoms with van der Waals surface area (Å²) >= 11 is 0. The summed E-state index contributed by atoms with van der Waals surface area (Å²) in [4.78, 5) is 25.1. The van der Waals surface area contributed by atoms with Crippen LogP contribution in [0.4, 0.5) is 0 Å². The van der Waals surface area contributed by atoms with Gasteiger partial charge in [0, 0.05) is 26.3 Å². The van der Waals surface area contributed by atoms with Gasteiger partial charge in [0.2, 0.25) is 0 Å². The molecule has 0 saturated heterocycles. The minimum absolute atomic E-state index is 0.161. The van der Waals surface area contributed by atoms with E-state index < -0.39 is 12.0 Å². The van der Waals surface area contributed by atoms with Crippen molar-refractivity contribution in [1.29, 1.82) is 0 Å². The van der Waals surface area contributed by atoms with Gasteiger partial charge in [0.1, 0.15) is 0 Å². The van der Waals surface area contributed by atoms with Crippen LogP contribution in [0, 0.1) is 0 Å². The predicted molar refractivity (Wildman–Crippen MR) is 181 cm³/mol. The molecule has 0 spiro atoms. The van der Waals surface area contributed by atoms with Crippen molar-refractivity contribution in [2.45, 2.75) is 219 Å². The quantitative estimate of drug-likeness (QED) is 0.0436. The van der Waals surface area contributed by atoms with Crippen LogP contribution in [0.1, 0.15) is 207 Å². The van der Waals surface area contributed by atoms with Crippen LogP contribution < -0.4 is 5.32 Å². The van der Waals surface area contributed by atoms with Crippen molar-refractivity contribution in [3.63, 3.8) is 0 Å². The number of nitrogens with one attached hydrogen (secondary N) is 1. The second-order valence-corrected chi connectivity index (χ2v) is 13.1. The van der Waals surface area contributed by atoms with Crippen LogP contribution in [0.2, 0.25) is 0 Å². The molecule has 43 heavy (non-hydrogen) atoms. The molecule has 256 valence electrons. The number of aliphatic hydroxyl groups is 1. The van der Waals surface area contributed by atoms with E-state index in [1.54, 1.807) is 13.8 Å². The van der Waals surface area contributed by atoms with Crippen molar-refractivity contribution in [2.24, 2.45) is 0 Å². The summed E-state index contributed by atoms with van der Waals surface area (Å²) in [5.41, 5.74) is 0. The summed E-state index contributed by atoms with van der Waals surface area (Å²) in [5.74, 6) is -2.31. The molecule has 6 heteroatoms. The summed E-state index contributed by atoms with van der Waals surface area (Å²) in [6.45, 7) is 7.87. The molecule has 0 heterocycles. The molecule has 0 aliphatic heterocycles. The number of hydrogen-bond donors (Lipinski definition) is 2. The van der Waals surface area contributed by atoms with Gasteiger partial charge in [-0.25, -0.2) is 5.32 Å². The Morgan fingerprint density at radius 1 is 0.535 bits per heavy atom. The SMILES string of the molecule is CCCCCCCCCCCCCCCC(=O)OC(C)(NCC(C)O)OC(=O)CCCCCCCCCCCCCCC. The summed E-state index contributed by atoms with van der Waals surface area (Å²) in [6.07, 6.45) is 32.5. The van der Waals surface area contributed by atoms with Crippen LogP contribution in [0.3, 0.4) is 0 Å². The lowest BCUT2D eigenvalue weighted by Crippen LogP contribution is -2.52. The second-order valence-electron chi connectivity index (χ2n) is 13.1. The molecule has 0 saturated carbocycles. The highest BCUT2D eigenvalue weighted by Crippen LogP contribution is 2.17. The molecule has 1 unspecified atom stereocenters. The van der Waals surface area contributed by atoms with Gasteiger partial charge in [-0.15, -0.1) is 0 Å². The number of rotatable bonds is 33. The molecular weight excluding hydrogens is 538 g/mol. The molecule has 6 nitrogen and oxygen atoms in total. The molecule has 0 radical (unpaired) electrons.